The van der Waals surface area contributed by atoms with Gasteiger partial charge in [0.05, 0.1) is 10.9 Å². The molecule has 0 aliphatic heterocycles. The van der Waals surface area contributed by atoms with Gasteiger partial charge in [0, 0.05) is 6.54 Å². The minimum Gasteiger partial charge on any atom is -0.507 e. The third-order valence-corrected chi connectivity index (χ3v) is 3.43. The number of ether oxygens (including phenoxy) is 1. The van der Waals surface area contributed by atoms with E-state index in [2.05, 4.69) is 0 Å². The van der Waals surface area contributed by atoms with Gasteiger partial charge in [0.25, 0.3) is 0 Å². The molecule has 23 heavy (non-hydrogen) atoms. The van der Waals surface area contributed by atoms with E-state index >= 15 is 0 Å². The lowest BCUT2D eigenvalue weighted by Gasteiger charge is -2.13. The summed E-state index contributed by atoms with van der Waals surface area (Å²) in [4.78, 5) is 14.5. The Morgan fingerprint density at radius 2 is 1.87 bits per heavy atom. The van der Waals surface area contributed by atoms with Crippen molar-refractivity contribution in [1.82, 2.24) is 4.90 Å². The van der Waals surface area contributed by atoms with Crippen molar-refractivity contribution < 1.29 is 14.3 Å². The highest BCUT2D eigenvalue weighted by atomic mass is 16.5. The minimum absolute atomic E-state index is 0.103. The van der Waals surface area contributed by atoms with E-state index in [1.807, 2.05) is 37.2 Å². The summed E-state index contributed by atoms with van der Waals surface area (Å²) >= 11 is 0. The zero-order valence-corrected chi connectivity index (χ0v) is 12.9. The van der Waals surface area contributed by atoms with Crippen LogP contribution in [0.15, 0.2) is 57.9 Å². The molecule has 3 aromatic rings. The van der Waals surface area contributed by atoms with Crippen molar-refractivity contribution in [3.05, 3.63) is 64.5 Å². The maximum Gasteiger partial charge on any atom is 0.235 e. The van der Waals surface area contributed by atoms with Crippen LogP contribution in [0.25, 0.3) is 11.0 Å². The molecule has 0 bridgehead atoms. The molecular formula is C18H17NO4. The van der Waals surface area contributed by atoms with Gasteiger partial charge in [-0.2, -0.15) is 0 Å². The molecule has 2 aromatic carbocycles. The van der Waals surface area contributed by atoms with Crippen molar-refractivity contribution in [2.24, 2.45) is 0 Å². The largest absolute Gasteiger partial charge is 0.507 e. The first kappa shape index (κ1) is 15.1. The third kappa shape index (κ3) is 3.05. The average molecular weight is 311 g/mol. The summed E-state index contributed by atoms with van der Waals surface area (Å²) in [5.74, 6) is 0.780. The van der Waals surface area contributed by atoms with E-state index in [-0.39, 0.29) is 16.9 Å². The molecule has 118 valence electrons. The first-order valence-electron chi connectivity index (χ1n) is 7.20. The van der Waals surface area contributed by atoms with Gasteiger partial charge in [-0.15, -0.1) is 0 Å². The number of para-hydroxylation sites is 1. The molecule has 0 saturated heterocycles. The molecule has 0 aliphatic rings. The van der Waals surface area contributed by atoms with Crippen LogP contribution in [-0.2, 0) is 6.54 Å². The Bertz CT molecular complexity index is 885. The second-order valence-electron chi connectivity index (χ2n) is 5.52. The minimum atomic E-state index is -0.268. The Hall–Kier alpha value is -2.79. The molecule has 0 atom stereocenters. The monoisotopic (exact) mass is 311 g/mol. The van der Waals surface area contributed by atoms with Crippen molar-refractivity contribution in [3.8, 4) is 17.2 Å². The van der Waals surface area contributed by atoms with E-state index in [0.29, 0.717) is 28.8 Å². The summed E-state index contributed by atoms with van der Waals surface area (Å²) in [6.07, 6.45) is 1.29. The SMILES string of the molecule is CN(C)Cc1c(O)ccc2c(=O)c(Oc3ccccc3)coc12. The number of benzene rings is 2. The Morgan fingerprint density at radius 3 is 2.57 bits per heavy atom. The van der Waals surface area contributed by atoms with E-state index < -0.39 is 0 Å². The number of nitrogens with zero attached hydrogens (tertiary/aromatic N) is 1. The van der Waals surface area contributed by atoms with Gasteiger partial charge in [0.1, 0.15) is 23.3 Å². The molecule has 0 fully saturated rings. The van der Waals surface area contributed by atoms with Gasteiger partial charge in [-0.1, -0.05) is 18.2 Å². The Morgan fingerprint density at radius 1 is 1.13 bits per heavy atom. The summed E-state index contributed by atoms with van der Waals surface area (Å²) in [5.41, 5.74) is 0.690. The summed E-state index contributed by atoms with van der Waals surface area (Å²) in [5, 5.41) is 10.4. The second kappa shape index (κ2) is 6.14. The Balaban J connectivity index is 2.10. The van der Waals surface area contributed by atoms with Crippen LogP contribution < -0.4 is 10.2 Å². The molecule has 5 heteroatoms. The van der Waals surface area contributed by atoms with Gasteiger partial charge in [-0.05, 0) is 38.4 Å². The number of rotatable bonds is 4. The van der Waals surface area contributed by atoms with E-state index in [1.54, 1.807) is 18.2 Å². The first-order chi connectivity index (χ1) is 11.1. The van der Waals surface area contributed by atoms with E-state index in [9.17, 15) is 9.90 Å². The van der Waals surface area contributed by atoms with Gasteiger partial charge in [0.15, 0.2) is 0 Å². The first-order valence-corrected chi connectivity index (χ1v) is 7.20. The maximum absolute atomic E-state index is 12.6. The quantitative estimate of drug-likeness (QED) is 0.800. The Kier molecular flexibility index (Phi) is 4.04. The number of hydrogen-bond donors (Lipinski definition) is 1. The predicted octanol–water partition coefficient (Wildman–Crippen LogP) is 3.35. The molecule has 1 aromatic heterocycles. The molecule has 0 unspecified atom stereocenters. The number of phenolic OH excluding ortho intramolecular Hbond substituents is 1. The number of fused-ring (bicyclic) bond motifs is 1. The van der Waals surface area contributed by atoms with Gasteiger partial charge >= 0.3 is 0 Å². The normalized spacial score (nSPS) is 11.1. The van der Waals surface area contributed by atoms with Crippen LogP contribution in [-0.4, -0.2) is 24.1 Å². The summed E-state index contributed by atoms with van der Waals surface area (Å²) in [6.45, 7) is 0.463. The van der Waals surface area contributed by atoms with Crippen LogP contribution >= 0.6 is 0 Å². The third-order valence-electron chi connectivity index (χ3n) is 3.43. The lowest BCUT2D eigenvalue weighted by molar-refractivity contribution is 0.383. The topological polar surface area (TPSA) is 62.9 Å². The standard InChI is InChI=1S/C18H17NO4/c1-19(2)10-14-15(20)9-8-13-17(21)16(11-22-18(13)14)23-12-6-4-3-5-7-12/h3-9,11,20H,10H2,1-2H3. The average Bonchev–Trinajstić information content (AvgIpc) is 2.53. The van der Waals surface area contributed by atoms with Crippen LogP contribution in [0.3, 0.4) is 0 Å². The molecule has 1 heterocycles. The van der Waals surface area contributed by atoms with Crippen molar-refractivity contribution in [1.29, 1.82) is 0 Å². The second-order valence-corrected chi connectivity index (χ2v) is 5.52. The highest BCUT2D eigenvalue weighted by Crippen LogP contribution is 2.29. The number of aromatic hydroxyl groups is 1. The molecule has 0 saturated carbocycles. The zero-order valence-electron chi connectivity index (χ0n) is 12.9. The fourth-order valence-corrected chi connectivity index (χ4v) is 2.38. The highest BCUT2D eigenvalue weighted by molar-refractivity contribution is 5.83. The van der Waals surface area contributed by atoms with Gasteiger partial charge in [0.2, 0.25) is 11.2 Å². The lowest BCUT2D eigenvalue weighted by Crippen LogP contribution is -2.12. The van der Waals surface area contributed by atoms with Crippen LogP contribution in [0.5, 0.6) is 17.2 Å². The fraction of sp³-hybridized carbons (Fsp3) is 0.167. The molecule has 1 N–H and O–H groups in total. The van der Waals surface area contributed by atoms with Gasteiger partial charge in [-0.3, -0.25) is 4.79 Å². The molecule has 5 nitrogen and oxygen atoms in total. The van der Waals surface area contributed by atoms with Crippen molar-refractivity contribution in [3.63, 3.8) is 0 Å². The molecule has 3 rings (SSSR count). The highest BCUT2D eigenvalue weighted by Gasteiger charge is 2.15. The maximum atomic E-state index is 12.6. The molecule has 0 spiro atoms. The zero-order chi connectivity index (χ0) is 16.4. The fourth-order valence-electron chi connectivity index (χ4n) is 2.38. The molecule has 0 radical (unpaired) electrons. The van der Waals surface area contributed by atoms with Crippen molar-refractivity contribution in [2.75, 3.05) is 14.1 Å². The van der Waals surface area contributed by atoms with E-state index in [4.69, 9.17) is 9.15 Å². The van der Waals surface area contributed by atoms with Crippen LogP contribution in [0, 0.1) is 0 Å². The number of phenols is 1. The van der Waals surface area contributed by atoms with Crippen molar-refractivity contribution in [2.45, 2.75) is 6.54 Å². The summed E-state index contributed by atoms with van der Waals surface area (Å²) in [7, 11) is 3.76. The van der Waals surface area contributed by atoms with Gasteiger partial charge < -0.3 is 19.2 Å². The molecule has 0 amide bonds. The van der Waals surface area contributed by atoms with Crippen LogP contribution in [0.4, 0.5) is 0 Å². The van der Waals surface area contributed by atoms with Crippen LogP contribution in [0.1, 0.15) is 5.56 Å². The molecule has 0 aliphatic carbocycles. The Labute approximate surface area is 133 Å². The van der Waals surface area contributed by atoms with Crippen molar-refractivity contribution >= 4 is 11.0 Å². The summed E-state index contributed by atoms with van der Waals surface area (Å²) < 4.78 is 11.2. The molecular weight excluding hydrogens is 294 g/mol. The number of hydrogen-bond acceptors (Lipinski definition) is 5. The summed E-state index contributed by atoms with van der Waals surface area (Å²) in [6, 6.07) is 12.1. The van der Waals surface area contributed by atoms with E-state index in [1.165, 1.54) is 12.3 Å². The smallest absolute Gasteiger partial charge is 0.235 e. The van der Waals surface area contributed by atoms with Gasteiger partial charge in [-0.25, -0.2) is 0 Å². The van der Waals surface area contributed by atoms with E-state index in [0.717, 1.165) is 0 Å². The predicted molar refractivity (Wildman–Crippen MR) is 88.1 cm³/mol. The van der Waals surface area contributed by atoms with Crippen LogP contribution in [0.2, 0.25) is 0 Å². The lowest BCUT2D eigenvalue weighted by atomic mass is 10.1.